The summed E-state index contributed by atoms with van der Waals surface area (Å²) in [4.78, 5) is 27.7. The summed E-state index contributed by atoms with van der Waals surface area (Å²) in [6.45, 7) is 3.04. The first-order chi connectivity index (χ1) is 13.7. The van der Waals surface area contributed by atoms with E-state index in [4.69, 9.17) is 4.74 Å². The standard InChI is InChI=1S/C21H20N4O2S/c1-2-27-21(26)12-4-6-16-17(8-12)28-20-18(16)19(23-11-24-20)25-15-5-3-13-9-22-10-14(13)7-15/h3,5,7,10-12H,2,4,6,8-9H2,1H3,(H,23,24,25)/t12-/m0/s1. The van der Waals surface area contributed by atoms with Crippen molar-refractivity contribution in [2.75, 3.05) is 11.9 Å². The maximum atomic E-state index is 12.2. The van der Waals surface area contributed by atoms with Gasteiger partial charge in [0.1, 0.15) is 17.0 Å². The number of thiophene rings is 1. The molecule has 0 spiro atoms. The number of hydrogen-bond donors (Lipinski definition) is 1. The smallest absolute Gasteiger partial charge is 0.309 e. The summed E-state index contributed by atoms with van der Waals surface area (Å²) in [6, 6.07) is 6.28. The predicted molar refractivity (Wildman–Crippen MR) is 111 cm³/mol. The van der Waals surface area contributed by atoms with Crippen molar-refractivity contribution in [3.8, 4) is 0 Å². The van der Waals surface area contributed by atoms with E-state index in [1.54, 1.807) is 17.7 Å². The molecular weight excluding hydrogens is 372 g/mol. The minimum Gasteiger partial charge on any atom is -0.466 e. The molecule has 0 fully saturated rings. The van der Waals surface area contributed by atoms with Gasteiger partial charge in [0, 0.05) is 16.8 Å². The zero-order chi connectivity index (χ0) is 19.1. The van der Waals surface area contributed by atoms with E-state index in [2.05, 4.69) is 38.5 Å². The van der Waals surface area contributed by atoms with Crippen LogP contribution in [0.2, 0.25) is 0 Å². The third kappa shape index (κ3) is 2.96. The highest BCUT2D eigenvalue weighted by Gasteiger charge is 2.29. The fourth-order valence-corrected chi connectivity index (χ4v) is 5.25. The number of hydrogen-bond acceptors (Lipinski definition) is 7. The number of carbonyl (C=O) groups excluding carboxylic acids is 1. The lowest BCUT2D eigenvalue weighted by molar-refractivity contribution is -0.148. The van der Waals surface area contributed by atoms with Crippen LogP contribution < -0.4 is 5.32 Å². The fraction of sp³-hybridized carbons (Fsp3) is 0.333. The largest absolute Gasteiger partial charge is 0.466 e. The Morgan fingerprint density at radius 3 is 3.18 bits per heavy atom. The van der Waals surface area contributed by atoms with Crippen LogP contribution in [0.3, 0.4) is 0 Å². The number of carbonyl (C=O) groups is 1. The molecule has 142 valence electrons. The topological polar surface area (TPSA) is 76.5 Å². The Bertz CT molecular complexity index is 1110. The zero-order valence-corrected chi connectivity index (χ0v) is 16.4. The van der Waals surface area contributed by atoms with Gasteiger partial charge < -0.3 is 10.1 Å². The minimum atomic E-state index is -0.0881. The second-order valence-corrected chi connectivity index (χ2v) is 8.19. The Labute approximate surface area is 166 Å². The van der Waals surface area contributed by atoms with Crippen LogP contribution in [-0.4, -0.2) is 28.8 Å². The molecule has 0 saturated carbocycles. The molecule has 1 aliphatic heterocycles. The first-order valence-electron chi connectivity index (χ1n) is 9.54. The maximum Gasteiger partial charge on any atom is 0.309 e. The number of nitrogens with zero attached hydrogens (tertiary/aromatic N) is 3. The lowest BCUT2D eigenvalue weighted by Crippen LogP contribution is -2.23. The monoisotopic (exact) mass is 392 g/mol. The molecule has 0 amide bonds. The van der Waals surface area contributed by atoms with E-state index in [0.29, 0.717) is 6.61 Å². The molecule has 7 heteroatoms. The summed E-state index contributed by atoms with van der Waals surface area (Å²) < 4.78 is 5.22. The van der Waals surface area contributed by atoms with E-state index < -0.39 is 0 Å². The van der Waals surface area contributed by atoms with Crippen LogP contribution >= 0.6 is 11.3 Å². The third-order valence-electron chi connectivity index (χ3n) is 5.37. The van der Waals surface area contributed by atoms with Crippen LogP contribution in [0.5, 0.6) is 0 Å². The Kier molecular flexibility index (Phi) is 4.31. The van der Waals surface area contributed by atoms with Crippen molar-refractivity contribution in [2.45, 2.75) is 32.7 Å². The Hall–Kier alpha value is -2.80. The minimum absolute atomic E-state index is 0.0547. The highest BCUT2D eigenvalue weighted by molar-refractivity contribution is 7.19. The third-order valence-corrected chi connectivity index (χ3v) is 6.53. The maximum absolute atomic E-state index is 12.2. The summed E-state index contributed by atoms with van der Waals surface area (Å²) in [5.74, 6) is 0.683. The van der Waals surface area contributed by atoms with Crippen molar-refractivity contribution < 1.29 is 9.53 Å². The molecule has 5 rings (SSSR count). The number of aliphatic imine (C=N–C) groups is 1. The summed E-state index contributed by atoms with van der Waals surface area (Å²) in [7, 11) is 0. The SMILES string of the molecule is CCOC(=O)[C@H]1CCc2c(sc3ncnc(Nc4ccc5c(c4)C=NC5)c23)C1. The van der Waals surface area contributed by atoms with Crippen LogP contribution in [-0.2, 0) is 28.9 Å². The van der Waals surface area contributed by atoms with Gasteiger partial charge in [0.05, 0.1) is 24.5 Å². The summed E-state index contributed by atoms with van der Waals surface area (Å²) in [5.41, 5.74) is 4.66. The number of esters is 1. The molecule has 1 atom stereocenters. The highest BCUT2D eigenvalue weighted by Crippen LogP contribution is 2.40. The molecule has 2 aromatic heterocycles. The molecular formula is C21H20N4O2S. The number of anilines is 2. The van der Waals surface area contributed by atoms with Crippen molar-refractivity contribution in [1.82, 2.24) is 9.97 Å². The van der Waals surface area contributed by atoms with Crippen molar-refractivity contribution in [2.24, 2.45) is 10.9 Å². The highest BCUT2D eigenvalue weighted by atomic mass is 32.1. The molecule has 1 N–H and O–H groups in total. The first kappa shape index (κ1) is 17.3. The summed E-state index contributed by atoms with van der Waals surface area (Å²) >= 11 is 1.66. The van der Waals surface area contributed by atoms with Crippen molar-refractivity contribution in [1.29, 1.82) is 0 Å². The van der Waals surface area contributed by atoms with Crippen LogP contribution in [0.4, 0.5) is 11.5 Å². The average Bonchev–Trinajstić information content (AvgIpc) is 3.31. The molecule has 0 saturated heterocycles. The van der Waals surface area contributed by atoms with Gasteiger partial charge >= 0.3 is 5.97 Å². The van der Waals surface area contributed by atoms with E-state index >= 15 is 0 Å². The molecule has 1 aromatic carbocycles. The number of benzene rings is 1. The average molecular weight is 392 g/mol. The Morgan fingerprint density at radius 2 is 2.29 bits per heavy atom. The van der Waals surface area contributed by atoms with Gasteiger partial charge in [-0.05, 0) is 55.0 Å². The van der Waals surface area contributed by atoms with Gasteiger partial charge in [-0.1, -0.05) is 6.07 Å². The molecule has 0 bridgehead atoms. The summed E-state index contributed by atoms with van der Waals surface area (Å²) in [5, 5.41) is 4.55. The number of aromatic nitrogens is 2. The van der Waals surface area contributed by atoms with Gasteiger partial charge in [0.15, 0.2) is 0 Å². The second-order valence-electron chi connectivity index (χ2n) is 7.11. The number of rotatable bonds is 4. The van der Waals surface area contributed by atoms with Crippen LogP contribution in [0.1, 0.15) is 34.9 Å². The Morgan fingerprint density at radius 1 is 1.36 bits per heavy atom. The van der Waals surface area contributed by atoms with Crippen molar-refractivity contribution in [3.63, 3.8) is 0 Å². The van der Waals surface area contributed by atoms with Crippen molar-refractivity contribution >= 4 is 45.2 Å². The molecule has 6 nitrogen and oxygen atoms in total. The normalized spacial score (nSPS) is 17.4. The van der Waals surface area contributed by atoms with E-state index in [-0.39, 0.29) is 11.9 Å². The van der Waals surface area contributed by atoms with Gasteiger partial charge in [0.2, 0.25) is 0 Å². The zero-order valence-electron chi connectivity index (χ0n) is 15.6. The van der Waals surface area contributed by atoms with E-state index in [0.717, 1.165) is 53.1 Å². The number of fused-ring (bicyclic) bond motifs is 4. The van der Waals surface area contributed by atoms with Gasteiger partial charge in [-0.25, -0.2) is 9.97 Å². The Balaban J connectivity index is 1.48. The first-order valence-corrected chi connectivity index (χ1v) is 10.4. The van der Waals surface area contributed by atoms with Crippen molar-refractivity contribution in [3.05, 3.63) is 46.1 Å². The van der Waals surface area contributed by atoms with E-state index in [9.17, 15) is 4.79 Å². The molecule has 0 unspecified atom stereocenters. The molecule has 3 aromatic rings. The predicted octanol–water partition coefficient (Wildman–Crippen LogP) is 4.04. The lowest BCUT2D eigenvalue weighted by atomic mass is 9.88. The van der Waals surface area contributed by atoms with Gasteiger partial charge in [-0.2, -0.15) is 0 Å². The quantitative estimate of drug-likeness (QED) is 0.678. The number of ether oxygens (including phenoxy) is 1. The fourth-order valence-electron chi connectivity index (χ4n) is 3.98. The van der Waals surface area contributed by atoms with E-state index in [1.165, 1.54) is 16.0 Å². The molecule has 2 aliphatic rings. The molecule has 0 radical (unpaired) electrons. The van der Waals surface area contributed by atoms with E-state index in [1.807, 2.05) is 13.1 Å². The number of nitrogens with one attached hydrogen (secondary N) is 1. The van der Waals surface area contributed by atoms with Crippen LogP contribution in [0.15, 0.2) is 29.5 Å². The molecule has 3 heterocycles. The van der Waals surface area contributed by atoms with Crippen LogP contribution in [0, 0.1) is 5.92 Å². The number of aryl methyl sites for hydroxylation is 1. The van der Waals surface area contributed by atoms with Gasteiger partial charge in [-0.15, -0.1) is 11.3 Å². The second kappa shape index (κ2) is 6.98. The van der Waals surface area contributed by atoms with Gasteiger partial charge in [0.25, 0.3) is 0 Å². The van der Waals surface area contributed by atoms with Gasteiger partial charge in [-0.3, -0.25) is 9.79 Å². The molecule has 1 aliphatic carbocycles. The summed E-state index contributed by atoms with van der Waals surface area (Å²) in [6.07, 6.45) is 5.89. The van der Waals surface area contributed by atoms with Crippen LogP contribution in [0.25, 0.3) is 10.2 Å². The molecule has 28 heavy (non-hydrogen) atoms. The lowest BCUT2D eigenvalue weighted by Gasteiger charge is -2.20.